The van der Waals surface area contributed by atoms with Crippen LogP contribution in [-0.4, -0.2) is 11.6 Å². The molecule has 0 aliphatic heterocycles. The first kappa shape index (κ1) is 20.7. The first-order chi connectivity index (χ1) is 11.5. The third kappa shape index (κ3) is 7.96. The zero-order chi connectivity index (χ0) is 17.8. The summed E-state index contributed by atoms with van der Waals surface area (Å²) in [6.07, 6.45) is 10.6. The lowest BCUT2D eigenvalue weighted by Crippen LogP contribution is -2.25. The van der Waals surface area contributed by atoms with Gasteiger partial charge in [0.25, 0.3) is 0 Å². The smallest absolute Gasteiger partial charge is 0.292 e. The number of carbonyl (C=O) groups excluding carboxylic acids is 1. The molecule has 0 saturated heterocycles. The molecule has 0 spiro atoms. The van der Waals surface area contributed by atoms with Gasteiger partial charge in [-0.3, -0.25) is 4.89 Å². The molecule has 0 unspecified atom stereocenters. The predicted molar refractivity (Wildman–Crippen MR) is 99.0 cm³/mol. The number of rotatable bonds is 12. The fraction of sp³-hybridized carbons (Fsp3) is 0.667. The molecule has 0 aliphatic carbocycles. The molecule has 3 heteroatoms. The van der Waals surface area contributed by atoms with Crippen LogP contribution in [0.2, 0.25) is 0 Å². The number of unbranched alkanes of at least 4 members (excludes halogenated alkanes) is 6. The van der Waals surface area contributed by atoms with Gasteiger partial charge in [0.05, 0.1) is 5.56 Å². The number of hydrogen-bond acceptors (Lipinski definition) is 3. The van der Waals surface area contributed by atoms with Gasteiger partial charge in [0.15, 0.2) is 0 Å². The zero-order valence-electron chi connectivity index (χ0n) is 15.9. The Morgan fingerprint density at radius 2 is 1.58 bits per heavy atom. The van der Waals surface area contributed by atoms with Crippen LogP contribution >= 0.6 is 0 Å². The monoisotopic (exact) mass is 334 g/mol. The average Bonchev–Trinajstić information content (AvgIpc) is 2.59. The first-order valence-electron chi connectivity index (χ1n) is 9.48. The summed E-state index contributed by atoms with van der Waals surface area (Å²) in [6.45, 7) is 8.05. The van der Waals surface area contributed by atoms with Crippen molar-refractivity contribution in [3.05, 3.63) is 35.4 Å². The van der Waals surface area contributed by atoms with E-state index in [4.69, 9.17) is 9.78 Å². The lowest BCUT2D eigenvalue weighted by Gasteiger charge is -2.20. The van der Waals surface area contributed by atoms with E-state index in [1.54, 1.807) is 0 Å². The standard InChI is InChI=1S/C21H34O3/c1-5-7-8-9-10-11-12-15-18-16-13-14-17-19(18)20(22)23-24-21(3,4)6-2/h13-14,16-17H,5-12,15H2,1-4H3. The molecule has 24 heavy (non-hydrogen) atoms. The van der Waals surface area contributed by atoms with Gasteiger partial charge in [-0.1, -0.05) is 70.6 Å². The molecule has 0 fully saturated rings. The van der Waals surface area contributed by atoms with Crippen LogP contribution in [0.4, 0.5) is 0 Å². The highest BCUT2D eigenvalue weighted by Crippen LogP contribution is 2.18. The van der Waals surface area contributed by atoms with Crippen LogP contribution in [0.3, 0.4) is 0 Å². The quantitative estimate of drug-likeness (QED) is 0.257. The Morgan fingerprint density at radius 3 is 2.25 bits per heavy atom. The van der Waals surface area contributed by atoms with Crippen LogP contribution < -0.4 is 0 Å². The lowest BCUT2D eigenvalue weighted by atomic mass is 10.0. The van der Waals surface area contributed by atoms with Gasteiger partial charge in [-0.05, 0) is 44.7 Å². The fourth-order valence-corrected chi connectivity index (χ4v) is 2.46. The van der Waals surface area contributed by atoms with Gasteiger partial charge in [0.2, 0.25) is 0 Å². The Hall–Kier alpha value is -1.35. The first-order valence-corrected chi connectivity index (χ1v) is 9.48. The van der Waals surface area contributed by atoms with E-state index in [2.05, 4.69) is 6.92 Å². The maximum absolute atomic E-state index is 12.3. The van der Waals surface area contributed by atoms with Crippen molar-refractivity contribution in [2.24, 2.45) is 0 Å². The molecule has 1 aromatic carbocycles. The summed E-state index contributed by atoms with van der Waals surface area (Å²) in [5.74, 6) is -0.393. The number of aryl methyl sites for hydroxylation is 1. The van der Waals surface area contributed by atoms with Gasteiger partial charge in [-0.15, -0.1) is 0 Å². The molecule has 0 heterocycles. The maximum Gasteiger partial charge on any atom is 0.373 e. The van der Waals surface area contributed by atoms with Crippen molar-refractivity contribution in [3.8, 4) is 0 Å². The normalized spacial score (nSPS) is 11.5. The highest BCUT2D eigenvalue weighted by atomic mass is 17.2. The molecule has 0 saturated carbocycles. The van der Waals surface area contributed by atoms with Gasteiger partial charge >= 0.3 is 5.97 Å². The van der Waals surface area contributed by atoms with Crippen molar-refractivity contribution in [3.63, 3.8) is 0 Å². The largest absolute Gasteiger partial charge is 0.373 e. The van der Waals surface area contributed by atoms with Crippen molar-refractivity contribution in [1.82, 2.24) is 0 Å². The molecule has 0 atom stereocenters. The van der Waals surface area contributed by atoms with E-state index >= 15 is 0 Å². The lowest BCUT2D eigenvalue weighted by molar-refractivity contribution is -0.307. The fourth-order valence-electron chi connectivity index (χ4n) is 2.46. The summed E-state index contributed by atoms with van der Waals surface area (Å²) in [7, 11) is 0. The van der Waals surface area contributed by atoms with Crippen LogP contribution in [0.15, 0.2) is 24.3 Å². The SMILES string of the molecule is CCCCCCCCCc1ccccc1C(=O)OOC(C)(C)CC. The minimum absolute atomic E-state index is 0.393. The van der Waals surface area contributed by atoms with E-state index in [0.29, 0.717) is 5.56 Å². The summed E-state index contributed by atoms with van der Waals surface area (Å²) >= 11 is 0. The van der Waals surface area contributed by atoms with E-state index in [9.17, 15) is 4.79 Å². The van der Waals surface area contributed by atoms with Crippen molar-refractivity contribution < 1.29 is 14.6 Å². The molecule has 0 amide bonds. The molecule has 0 bridgehead atoms. The van der Waals surface area contributed by atoms with E-state index in [0.717, 1.165) is 24.8 Å². The molecule has 136 valence electrons. The number of hydrogen-bond donors (Lipinski definition) is 0. The highest BCUT2D eigenvalue weighted by molar-refractivity contribution is 5.90. The summed E-state index contributed by atoms with van der Waals surface area (Å²) < 4.78 is 0. The molecular weight excluding hydrogens is 300 g/mol. The summed E-state index contributed by atoms with van der Waals surface area (Å²) in [4.78, 5) is 22.6. The van der Waals surface area contributed by atoms with Gasteiger partial charge in [0.1, 0.15) is 5.60 Å². The summed E-state index contributed by atoms with van der Waals surface area (Å²) in [5, 5.41) is 0. The second kappa shape index (κ2) is 11.2. The number of benzene rings is 1. The van der Waals surface area contributed by atoms with Crippen molar-refractivity contribution >= 4 is 5.97 Å². The summed E-state index contributed by atoms with van der Waals surface area (Å²) in [6, 6.07) is 7.68. The predicted octanol–water partition coefficient (Wildman–Crippen LogP) is 6.26. The van der Waals surface area contributed by atoms with Gasteiger partial charge in [0, 0.05) is 0 Å². The Labute approximate surface area is 147 Å². The molecule has 0 N–H and O–H groups in total. The van der Waals surface area contributed by atoms with E-state index in [-0.39, 0.29) is 0 Å². The second-order valence-electron chi connectivity index (χ2n) is 7.10. The van der Waals surface area contributed by atoms with E-state index in [1.807, 2.05) is 45.0 Å². The van der Waals surface area contributed by atoms with Crippen molar-refractivity contribution in [1.29, 1.82) is 0 Å². The summed E-state index contributed by atoms with van der Waals surface area (Å²) in [5.41, 5.74) is 1.22. The molecule has 1 rings (SSSR count). The molecule has 0 aromatic heterocycles. The molecule has 3 nitrogen and oxygen atoms in total. The van der Waals surface area contributed by atoms with Crippen molar-refractivity contribution in [2.45, 2.75) is 91.1 Å². The third-order valence-electron chi connectivity index (χ3n) is 4.48. The Balaban J connectivity index is 2.45. The number of carbonyl (C=O) groups is 1. The van der Waals surface area contributed by atoms with Gasteiger partial charge in [-0.25, -0.2) is 4.79 Å². The van der Waals surface area contributed by atoms with E-state index < -0.39 is 11.6 Å². The second-order valence-corrected chi connectivity index (χ2v) is 7.10. The van der Waals surface area contributed by atoms with Crippen molar-refractivity contribution in [2.75, 3.05) is 0 Å². The van der Waals surface area contributed by atoms with Gasteiger partial charge < -0.3 is 0 Å². The minimum Gasteiger partial charge on any atom is -0.292 e. The van der Waals surface area contributed by atoms with Crippen LogP contribution in [0, 0.1) is 0 Å². The Kier molecular flexibility index (Phi) is 9.70. The molecular formula is C21H34O3. The van der Waals surface area contributed by atoms with Crippen LogP contribution in [0.5, 0.6) is 0 Å². The highest BCUT2D eigenvalue weighted by Gasteiger charge is 2.21. The van der Waals surface area contributed by atoms with Gasteiger partial charge in [-0.2, -0.15) is 4.89 Å². The van der Waals surface area contributed by atoms with Crippen LogP contribution in [0.1, 0.15) is 95.0 Å². The zero-order valence-corrected chi connectivity index (χ0v) is 15.9. The van der Waals surface area contributed by atoms with Crippen LogP contribution in [-0.2, 0) is 16.2 Å². The Morgan fingerprint density at radius 1 is 0.958 bits per heavy atom. The third-order valence-corrected chi connectivity index (χ3v) is 4.48. The molecule has 1 aromatic rings. The maximum atomic E-state index is 12.3. The minimum atomic E-state index is -0.455. The van der Waals surface area contributed by atoms with Crippen LogP contribution in [0.25, 0.3) is 0 Å². The Bertz CT molecular complexity index is 480. The van der Waals surface area contributed by atoms with E-state index in [1.165, 1.54) is 38.5 Å². The molecule has 0 aliphatic rings. The average molecular weight is 335 g/mol. The topological polar surface area (TPSA) is 35.5 Å². The molecule has 0 radical (unpaired) electrons.